The van der Waals surface area contributed by atoms with E-state index in [4.69, 9.17) is 0 Å². The molecule has 11 heavy (non-hydrogen) atoms. The molecule has 2 rings (SSSR count). The van der Waals surface area contributed by atoms with Gasteiger partial charge in [0.1, 0.15) is 0 Å². The van der Waals surface area contributed by atoms with E-state index in [1.165, 1.54) is 12.8 Å². The molecule has 0 spiro atoms. The first-order valence-electron chi connectivity index (χ1n) is 4.73. The lowest BCUT2D eigenvalue weighted by Gasteiger charge is -2.23. The second-order valence-electron chi connectivity index (χ2n) is 5.00. The number of hydrogen-bond acceptors (Lipinski definition) is 1. The van der Waals surface area contributed by atoms with E-state index in [0.717, 1.165) is 5.92 Å². The number of aliphatic hydroxyl groups excluding tert-OH is 1. The highest BCUT2D eigenvalue weighted by molar-refractivity contribution is 5.11. The summed E-state index contributed by atoms with van der Waals surface area (Å²) in [4.78, 5) is 0. The van der Waals surface area contributed by atoms with Gasteiger partial charge in [0, 0.05) is 0 Å². The van der Waals surface area contributed by atoms with E-state index in [1.807, 2.05) is 0 Å². The van der Waals surface area contributed by atoms with Gasteiger partial charge < -0.3 is 5.11 Å². The average Bonchev–Trinajstić information content (AvgIpc) is 2.46. The van der Waals surface area contributed by atoms with Crippen molar-refractivity contribution in [2.75, 3.05) is 0 Å². The maximum atomic E-state index is 9.82. The molecular weight excluding hydrogens is 136 g/mol. The first-order chi connectivity index (χ1) is 5.05. The molecule has 1 heteroatoms. The minimum atomic E-state index is -0.0104. The molecular formula is C10H18O. The Morgan fingerprint density at radius 3 is 2.45 bits per heavy atom. The number of aliphatic hydroxyl groups is 1. The molecule has 0 radical (unpaired) electrons. The molecule has 0 aromatic heterocycles. The van der Waals surface area contributed by atoms with Gasteiger partial charge in [0.15, 0.2) is 0 Å². The minimum absolute atomic E-state index is 0.0104. The molecule has 0 aliphatic heterocycles. The molecule has 2 aliphatic rings. The summed E-state index contributed by atoms with van der Waals surface area (Å²) in [6.07, 6.45) is 2.56. The van der Waals surface area contributed by atoms with Crippen LogP contribution in [0.5, 0.6) is 0 Å². The average molecular weight is 154 g/mol. The highest BCUT2D eigenvalue weighted by Crippen LogP contribution is 2.65. The summed E-state index contributed by atoms with van der Waals surface area (Å²) in [6, 6.07) is 0. The van der Waals surface area contributed by atoms with Gasteiger partial charge in [0.2, 0.25) is 0 Å². The Kier molecular flexibility index (Phi) is 1.39. The molecule has 2 aliphatic carbocycles. The largest absolute Gasteiger partial charge is 0.393 e. The third-order valence-corrected chi connectivity index (χ3v) is 4.02. The summed E-state index contributed by atoms with van der Waals surface area (Å²) < 4.78 is 0. The molecule has 64 valence electrons. The van der Waals surface area contributed by atoms with E-state index in [1.54, 1.807) is 0 Å². The van der Waals surface area contributed by atoms with Crippen molar-refractivity contribution in [2.24, 2.45) is 23.2 Å². The van der Waals surface area contributed by atoms with Gasteiger partial charge in [-0.2, -0.15) is 0 Å². The molecule has 0 heterocycles. The standard InChI is InChI=1S/C10H18O/c1-6-4-5-7-8(9(6)11)10(7,2)3/h6-9,11H,4-5H2,1-3H3/t6-,7-,8-,9+/m1/s1. The molecule has 2 fully saturated rings. The fourth-order valence-corrected chi connectivity index (χ4v) is 2.98. The van der Waals surface area contributed by atoms with Crippen molar-refractivity contribution < 1.29 is 5.11 Å². The van der Waals surface area contributed by atoms with Crippen molar-refractivity contribution in [3.63, 3.8) is 0 Å². The van der Waals surface area contributed by atoms with Crippen molar-refractivity contribution in [3.8, 4) is 0 Å². The Balaban J connectivity index is 2.12. The Bertz CT molecular complexity index is 174. The van der Waals surface area contributed by atoms with Gasteiger partial charge in [-0.1, -0.05) is 20.8 Å². The van der Waals surface area contributed by atoms with Crippen LogP contribution < -0.4 is 0 Å². The molecule has 0 aromatic carbocycles. The SMILES string of the molecule is C[C@@H]1CC[C@@H]2[C@H]([C@H]1O)C2(C)C. The van der Waals surface area contributed by atoms with Crippen LogP contribution in [0.15, 0.2) is 0 Å². The number of hydrogen-bond donors (Lipinski definition) is 1. The lowest BCUT2D eigenvalue weighted by atomic mass is 9.88. The van der Waals surface area contributed by atoms with E-state index in [-0.39, 0.29) is 6.10 Å². The monoisotopic (exact) mass is 154 g/mol. The topological polar surface area (TPSA) is 20.2 Å². The van der Waals surface area contributed by atoms with Gasteiger partial charge in [0.05, 0.1) is 6.10 Å². The van der Waals surface area contributed by atoms with Gasteiger partial charge in [0.25, 0.3) is 0 Å². The Labute approximate surface area is 68.8 Å². The lowest BCUT2D eigenvalue weighted by molar-refractivity contribution is 0.0612. The van der Waals surface area contributed by atoms with Crippen LogP contribution in [-0.2, 0) is 0 Å². The first kappa shape index (κ1) is 7.60. The number of rotatable bonds is 0. The van der Waals surface area contributed by atoms with Crippen LogP contribution in [0.3, 0.4) is 0 Å². The van der Waals surface area contributed by atoms with Crippen LogP contribution in [0, 0.1) is 23.2 Å². The fraction of sp³-hybridized carbons (Fsp3) is 1.00. The van der Waals surface area contributed by atoms with E-state index in [2.05, 4.69) is 20.8 Å². The molecule has 0 bridgehead atoms. The van der Waals surface area contributed by atoms with Crippen LogP contribution in [0.2, 0.25) is 0 Å². The summed E-state index contributed by atoms with van der Waals surface area (Å²) in [5.41, 5.74) is 0.449. The van der Waals surface area contributed by atoms with Crippen LogP contribution in [0.4, 0.5) is 0 Å². The Morgan fingerprint density at radius 1 is 1.27 bits per heavy atom. The zero-order chi connectivity index (χ0) is 8.22. The van der Waals surface area contributed by atoms with Crippen LogP contribution in [-0.4, -0.2) is 11.2 Å². The van der Waals surface area contributed by atoms with Gasteiger partial charge in [-0.25, -0.2) is 0 Å². The van der Waals surface area contributed by atoms with Gasteiger partial charge >= 0.3 is 0 Å². The molecule has 4 atom stereocenters. The van der Waals surface area contributed by atoms with Crippen molar-refractivity contribution in [2.45, 2.75) is 39.7 Å². The zero-order valence-corrected chi connectivity index (χ0v) is 7.67. The maximum Gasteiger partial charge on any atom is 0.0601 e. The van der Waals surface area contributed by atoms with E-state index < -0.39 is 0 Å². The molecule has 2 saturated carbocycles. The van der Waals surface area contributed by atoms with Gasteiger partial charge in [-0.3, -0.25) is 0 Å². The minimum Gasteiger partial charge on any atom is -0.393 e. The summed E-state index contributed by atoms with van der Waals surface area (Å²) in [7, 11) is 0. The smallest absolute Gasteiger partial charge is 0.0601 e. The van der Waals surface area contributed by atoms with Crippen molar-refractivity contribution in [3.05, 3.63) is 0 Å². The predicted molar refractivity (Wildman–Crippen MR) is 45.2 cm³/mol. The summed E-state index contributed by atoms with van der Waals surface area (Å²) in [5.74, 6) is 1.98. The fourth-order valence-electron chi connectivity index (χ4n) is 2.98. The Hall–Kier alpha value is -0.0400. The predicted octanol–water partition coefficient (Wildman–Crippen LogP) is 2.05. The van der Waals surface area contributed by atoms with Crippen molar-refractivity contribution >= 4 is 0 Å². The van der Waals surface area contributed by atoms with E-state index >= 15 is 0 Å². The van der Waals surface area contributed by atoms with Crippen molar-refractivity contribution in [1.29, 1.82) is 0 Å². The van der Waals surface area contributed by atoms with Crippen LogP contribution >= 0.6 is 0 Å². The van der Waals surface area contributed by atoms with Crippen LogP contribution in [0.25, 0.3) is 0 Å². The molecule has 0 amide bonds. The van der Waals surface area contributed by atoms with E-state index in [9.17, 15) is 5.11 Å². The normalized spacial score (nSPS) is 53.5. The molecule has 1 N–H and O–H groups in total. The van der Waals surface area contributed by atoms with Gasteiger partial charge in [-0.05, 0) is 36.0 Å². The highest BCUT2D eigenvalue weighted by atomic mass is 16.3. The van der Waals surface area contributed by atoms with E-state index in [0.29, 0.717) is 17.3 Å². The maximum absolute atomic E-state index is 9.82. The second kappa shape index (κ2) is 2.01. The molecule has 0 aromatic rings. The highest BCUT2D eigenvalue weighted by Gasteiger charge is 2.62. The molecule has 1 nitrogen and oxygen atoms in total. The summed E-state index contributed by atoms with van der Waals surface area (Å²) in [6.45, 7) is 6.77. The van der Waals surface area contributed by atoms with Gasteiger partial charge in [-0.15, -0.1) is 0 Å². The van der Waals surface area contributed by atoms with Crippen molar-refractivity contribution in [1.82, 2.24) is 0 Å². The molecule has 0 unspecified atom stereocenters. The first-order valence-corrected chi connectivity index (χ1v) is 4.73. The lowest BCUT2D eigenvalue weighted by Crippen LogP contribution is -2.25. The second-order valence-corrected chi connectivity index (χ2v) is 5.00. The number of fused-ring (bicyclic) bond motifs is 1. The third-order valence-electron chi connectivity index (χ3n) is 4.02. The molecule has 0 saturated heterocycles. The summed E-state index contributed by atoms with van der Waals surface area (Å²) in [5, 5.41) is 9.82. The van der Waals surface area contributed by atoms with Crippen LogP contribution in [0.1, 0.15) is 33.6 Å². The Morgan fingerprint density at radius 2 is 1.91 bits per heavy atom. The quantitative estimate of drug-likeness (QED) is 0.566. The third kappa shape index (κ3) is 0.868. The summed E-state index contributed by atoms with van der Waals surface area (Å²) >= 11 is 0. The zero-order valence-electron chi connectivity index (χ0n) is 7.67.